The number of H-pyrrole nitrogens is 1. The van der Waals surface area contributed by atoms with E-state index < -0.39 is 0 Å². The quantitative estimate of drug-likeness (QED) is 0.487. The zero-order valence-corrected chi connectivity index (χ0v) is 14.8. The molecule has 3 N–H and O–H groups in total. The van der Waals surface area contributed by atoms with Crippen molar-refractivity contribution in [2.75, 3.05) is 13.6 Å². The Bertz CT molecular complexity index is 930. The van der Waals surface area contributed by atoms with Crippen LogP contribution in [0.1, 0.15) is 23.5 Å². The standard InChI is InChI=1S/C21H23FN4/c1-23-21(26-20-12-17(20)16-7-2-4-8-18(16)22)24-11-10-14-13-25-19-9-5-3-6-15(14)19/h2-9,13,17,20,25H,10-12H2,1H3,(H2,23,24,26). The third kappa shape index (κ3) is 3.43. The van der Waals surface area contributed by atoms with Gasteiger partial charge in [0.1, 0.15) is 5.82 Å². The van der Waals surface area contributed by atoms with Gasteiger partial charge in [-0.05, 0) is 36.1 Å². The van der Waals surface area contributed by atoms with E-state index in [4.69, 9.17) is 0 Å². The van der Waals surface area contributed by atoms with Gasteiger partial charge < -0.3 is 15.6 Å². The van der Waals surface area contributed by atoms with Crippen LogP contribution in [-0.2, 0) is 6.42 Å². The molecule has 26 heavy (non-hydrogen) atoms. The molecule has 0 amide bonds. The molecule has 0 radical (unpaired) electrons. The first kappa shape index (κ1) is 16.6. The van der Waals surface area contributed by atoms with Crippen molar-refractivity contribution in [1.29, 1.82) is 0 Å². The summed E-state index contributed by atoms with van der Waals surface area (Å²) in [4.78, 5) is 7.60. The van der Waals surface area contributed by atoms with Crippen molar-refractivity contribution < 1.29 is 4.39 Å². The van der Waals surface area contributed by atoms with E-state index >= 15 is 0 Å². The van der Waals surface area contributed by atoms with E-state index in [1.54, 1.807) is 13.1 Å². The topological polar surface area (TPSA) is 52.2 Å². The van der Waals surface area contributed by atoms with E-state index in [1.165, 1.54) is 17.0 Å². The maximum atomic E-state index is 13.9. The SMILES string of the molecule is CN=C(NCCc1c[nH]c2ccccc12)NC1CC1c1ccccc1F. The van der Waals surface area contributed by atoms with Gasteiger partial charge in [0.15, 0.2) is 5.96 Å². The van der Waals surface area contributed by atoms with Crippen LogP contribution in [-0.4, -0.2) is 30.6 Å². The molecule has 0 saturated heterocycles. The predicted octanol–water partition coefficient (Wildman–Crippen LogP) is 3.57. The number of fused-ring (bicyclic) bond motifs is 1. The van der Waals surface area contributed by atoms with E-state index in [9.17, 15) is 4.39 Å². The summed E-state index contributed by atoms with van der Waals surface area (Å²) in [6.45, 7) is 0.790. The van der Waals surface area contributed by atoms with Crippen molar-refractivity contribution in [3.63, 3.8) is 0 Å². The zero-order valence-electron chi connectivity index (χ0n) is 14.8. The highest BCUT2D eigenvalue weighted by atomic mass is 19.1. The van der Waals surface area contributed by atoms with Crippen molar-refractivity contribution >= 4 is 16.9 Å². The van der Waals surface area contributed by atoms with Gasteiger partial charge in [-0.2, -0.15) is 0 Å². The molecule has 1 aliphatic rings. The maximum Gasteiger partial charge on any atom is 0.191 e. The number of hydrogen-bond acceptors (Lipinski definition) is 1. The summed E-state index contributed by atoms with van der Waals surface area (Å²) in [5, 5.41) is 8.02. The maximum absolute atomic E-state index is 13.9. The van der Waals surface area contributed by atoms with Gasteiger partial charge in [-0.3, -0.25) is 4.99 Å². The number of para-hydroxylation sites is 1. The number of aliphatic imine (C=N–C) groups is 1. The number of nitrogens with one attached hydrogen (secondary N) is 3. The summed E-state index contributed by atoms with van der Waals surface area (Å²) in [6.07, 6.45) is 3.91. The molecule has 1 heterocycles. The lowest BCUT2D eigenvalue weighted by Crippen LogP contribution is -2.39. The van der Waals surface area contributed by atoms with Crippen LogP contribution >= 0.6 is 0 Å². The van der Waals surface area contributed by atoms with Crippen molar-refractivity contribution in [2.45, 2.75) is 24.8 Å². The van der Waals surface area contributed by atoms with Crippen LogP contribution in [0.4, 0.5) is 4.39 Å². The summed E-state index contributed by atoms with van der Waals surface area (Å²) >= 11 is 0. The Morgan fingerprint density at radius 3 is 2.85 bits per heavy atom. The number of aromatic amines is 1. The molecule has 0 bridgehead atoms. The van der Waals surface area contributed by atoms with Crippen LogP contribution in [0, 0.1) is 5.82 Å². The van der Waals surface area contributed by atoms with E-state index in [-0.39, 0.29) is 17.8 Å². The van der Waals surface area contributed by atoms with Gasteiger partial charge in [-0.1, -0.05) is 36.4 Å². The lowest BCUT2D eigenvalue weighted by molar-refractivity contribution is 0.607. The van der Waals surface area contributed by atoms with Gasteiger partial charge in [0.2, 0.25) is 0 Å². The first-order valence-corrected chi connectivity index (χ1v) is 9.03. The Balaban J connectivity index is 1.30. The number of aromatic nitrogens is 1. The van der Waals surface area contributed by atoms with E-state index in [2.05, 4.69) is 45.0 Å². The van der Waals surface area contributed by atoms with Gasteiger partial charge in [-0.25, -0.2) is 4.39 Å². The van der Waals surface area contributed by atoms with Crippen molar-refractivity contribution in [1.82, 2.24) is 15.6 Å². The second-order valence-electron chi connectivity index (χ2n) is 6.72. The third-order valence-electron chi connectivity index (χ3n) is 5.00. The summed E-state index contributed by atoms with van der Waals surface area (Å²) in [5.41, 5.74) is 3.24. The van der Waals surface area contributed by atoms with Crippen LogP contribution in [0.3, 0.4) is 0 Å². The van der Waals surface area contributed by atoms with Crippen LogP contribution in [0.5, 0.6) is 0 Å². The molecule has 0 spiro atoms. The smallest absolute Gasteiger partial charge is 0.191 e. The number of guanidine groups is 1. The highest BCUT2D eigenvalue weighted by Crippen LogP contribution is 2.41. The lowest BCUT2D eigenvalue weighted by atomic mass is 10.1. The molecule has 2 aromatic carbocycles. The van der Waals surface area contributed by atoms with Crippen LogP contribution < -0.4 is 10.6 Å². The Labute approximate surface area is 152 Å². The first-order chi connectivity index (χ1) is 12.8. The van der Waals surface area contributed by atoms with Crippen molar-refractivity contribution in [3.05, 3.63) is 71.7 Å². The largest absolute Gasteiger partial charge is 0.361 e. The molecular formula is C21H23FN4. The second-order valence-corrected chi connectivity index (χ2v) is 6.72. The Morgan fingerprint density at radius 2 is 2.00 bits per heavy atom. The van der Waals surface area contributed by atoms with Gasteiger partial charge in [0.05, 0.1) is 0 Å². The molecular weight excluding hydrogens is 327 g/mol. The molecule has 1 aliphatic carbocycles. The zero-order chi connectivity index (χ0) is 17.9. The average Bonchev–Trinajstić information content (AvgIpc) is 3.31. The van der Waals surface area contributed by atoms with Crippen LogP contribution in [0.15, 0.2) is 59.7 Å². The highest BCUT2D eigenvalue weighted by molar-refractivity contribution is 5.83. The number of nitrogens with zero attached hydrogens (tertiary/aromatic N) is 1. The molecule has 2 atom stereocenters. The third-order valence-corrected chi connectivity index (χ3v) is 5.00. The number of benzene rings is 2. The lowest BCUT2D eigenvalue weighted by Gasteiger charge is -2.12. The fourth-order valence-corrected chi connectivity index (χ4v) is 3.50. The first-order valence-electron chi connectivity index (χ1n) is 9.03. The number of halogens is 1. The molecule has 4 nitrogen and oxygen atoms in total. The normalized spacial score (nSPS) is 19.5. The minimum atomic E-state index is -0.121. The summed E-state index contributed by atoms with van der Waals surface area (Å²) in [7, 11) is 1.77. The number of hydrogen-bond donors (Lipinski definition) is 3. The molecule has 2 unspecified atom stereocenters. The molecule has 0 aliphatic heterocycles. The van der Waals surface area contributed by atoms with Gasteiger partial charge in [0.25, 0.3) is 0 Å². The van der Waals surface area contributed by atoms with Crippen LogP contribution in [0.25, 0.3) is 10.9 Å². The highest BCUT2D eigenvalue weighted by Gasteiger charge is 2.40. The molecule has 134 valence electrons. The minimum Gasteiger partial charge on any atom is -0.361 e. The molecule has 3 aromatic rings. The van der Waals surface area contributed by atoms with E-state index in [1.807, 2.05) is 18.2 Å². The molecule has 4 rings (SSSR count). The van der Waals surface area contributed by atoms with E-state index in [0.29, 0.717) is 0 Å². The molecule has 1 saturated carbocycles. The summed E-state index contributed by atoms with van der Waals surface area (Å²) < 4.78 is 13.9. The monoisotopic (exact) mass is 350 g/mol. The molecule has 1 fully saturated rings. The van der Waals surface area contributed by atoms with Crippen molar-refractivity contribution in [3.8, 4) is 0 Å². The Hall–Kier alpha value is -2.82. The fraction of sp³-hybridized carbons (Fsp3) is 0.286. The minimum absolute atomic E-state index is 0.121. The average molecular weight is 350 g/mol. The van der Waals surface area contributed by atoms with E-state index in [0.717, 1.165) is 36.4 Å². The van der Waals surface area contributed by atoms with Gasteiger partial charge >= 0.3 is 0 Å². The predicted molar refractivity (Wildman–Crippen MR) is 104 cm³/mol. The van der Waals surface area contributed by atoms with Crippen molar-refractivity contribution in [2.24, 2.45) is 4.99 Å². The Kier molecular flexibility index (Phi) is 4.61. The summed E-state index contributed by atoms with van der Waals surface area (Å²) in [5.74, 6) is 0.876. The van der Waals surface area contributed by atoms with Crippen LogP contribution in [0.2, 0.25) is 0 Å². The fourth-order valence-electron chi connectivity index (χ4n) is 3.50. The summed E-state index contributed by atoms with van der Waals surface area (Å²) in [6, 6.07) is 15.6. The van der Waals surface area contributed by atoms with Gasteiger partial charge in [0, 0.05) is 42.7 Å². The Morgan fingerprint density at radius 1 is 1.19 bits per heavy atom. The molecule has 1 aromatic heterocycles. The number of rotatable bonds is 5. The van der Waals surface area contributed by atoms with Gasteiger partial charge in [-0.15, -0.1) is 0 Å². The second kappa shape index (κ2) is 7.20. The molecule has 5 heteroatoms.